The van der Waals surface area contributed by atoms with Gasteiger partial charge in [0.25, 0.3) is 0 Å². The molecule has 27 heavy (non-hydrogen) atoms. The molecule has 0 aliphatic heterocycles. The highest BCUT2D eigenvalue weighted by molar-refractivity contribution is 5.82. The maximum absolute atomic E-state index is 11.4. The van der Waals surface area contributed by atoms with E-state index >= 15 is 0 Å². The molecule has 1 amide bonds. The predicted molar refractivity (Wildman–Crippen MR) is 109 cm³/mol. The molecule has 0 spiro atoms. The molecule has 0 bridgehead atoms. The Balaban J connectivity index is 2.69. The van der Waals surface area contributed by atoms with Crippen LogP contribution in [0, 0.1) is 5.41 Å². The van der Waals surface area contributed by atoms with Crippen molar-refractivity contribution >= 4 is 11.9 Å². The summed E-state index contributed by atoms with van der Waals surface area (Å²) >= 11 is 0. The van der Waals surface area contributed by atoms with Gasteiger partial charge >= 0.3 is 0 Å². The summed E-state index contributed by atoms with van der Waals surface area (Å²) < 4.78 is 11.3. The molecule has 0 fully saturated rings. The molecular formula is C20H34N4O3. The third-order valence-electron chi connectivity index (χ3n) is 3.96. The molecule has 0 aliphatic rings. The van der Waals surface area contributed by atoms with Crippen molar-refractivity contribution in [2.24, 2.45) is 16.1 Å². The van der Waals surface area contributed by atoms with Crippen molar-refractivity contribution in [2.75, 3.05) is 32.8 Å². The zero-order valence-corrected chi connectivity index (χ0v) is 17.2. The van der Waals surface area contributed by atoms with Gasteiger partial charge in [-0.2, -0.15) is 0 Å². The molecular weight excluding hydrogens is 344 g/mol. The SMILES string of the molecule is CCNC(=NCC(C)(C)C(N)=O)NCCc1ccc(OCC)c(OCC)c1. The van der Waals surface area contributed by atoms with Crippen molar-refractivity contribution < 1.29 is 14.3 Å². The summed E-state index contributed by atoms with van der Waals surface area (Å²) in [6.45, 7) is 12.4. The summed E-state index contributed by atoms with van der Waals surface area (Å²) in [5, 5.41) is 6.47. The Hall–Kier alpha value is -2.44. The predicted octanol–water partition coefficient (Wildman–Crippen LogP) is 2.09. The lowest BCUT2D eigenvalue weighted by Gasteiger charge is -2.19. The fourth-order valence-electron chi connectivity index (χ4n) is 2.27. The smallest absolute Gasteiger partial charge is 0.224 e. The molecule has 4 N–H and O–H groups in total. The minimum atomic E-state index is -0.677. The van der Waals surface area contributed by atoms with Gasteiger partial charge < -0.3 is 25.8 Å². The molecule has 0 saturated heterocycles. The number of guanidine groups is 1. The summed E-state index contributed by atoms with van der Waals surface area (Å²) in [5.41, 5.74) is 5.87. The van der Waals surface area contributed by atoms with Crippen molar-refractivity contribution in [2.45, 2.75) is 41.0 Å². The van der Waals surface area contributed by atoms with E-state index in [0.717, 1.165) is 30.0 Å². The van der Waals surface area contributed by atoms with Gasteiger partial charge in [0, 0.05) is 13.1 Å². The normalized spacial score (nSPS) is 11.8. The molecule has 0 heterocycles. The Morgan fingerprint density at radius 1 is 1.11 bits per heavy atom. The minimum absolute atomic E-state index is 0.329. The topological polar surface area (TPSA) is 98.0 Å². The number of rotatable bonds is 11. The number of hydrogen-bond donors (Lipinski definition) is 3. The van der Waals surface area contributed by atoms with E-state index in [9.17, 15) is 4.79 Å². The third kappa shape index (κ3) is 7.76. The van der Waals surface area contributed by atoms with E-state index in [4.69, 9.17) is 15.2 Å². The van der Waals surface area contributed by atoms with Gasteiger partial charge in [-0.15, -0.1) is 0 Å². The first-order valence-corrected chi connectivity index (χ1v) is 9.54. The standard InChI is InChI=1S/C20H34N4O3/c1-6-22-19(24-14-20(4,5)18(21)25)23-12-11-15-9-10-16(26-7-2)17(13-15)27-8-3/h9-10,13H,6-8,11-12,14H2,1-5H3,(H2,21,25)(H2,22,23,24). The first kappa shape index (κ1) is 22.6. The van der Waals surface area contributed by atoms with Crippen LogP contribution >= 0.6 is 0 Å². The Morgan fingerprint density at radius 3 is 2.37 bits per heavy atom. The van der Waals surface area contributed by atoms with Gasteiger partial charge in [-0.1, -0.05) is 6.07 Å². The van der Waals surface area contributed by atoms with Crippen LogP contribution in [0.5, 0.6) is 11.5 Å². The number of nitrogens with two attached hydrogens (primary N) is 1. The highest BCUT2D eigenvalue weighted by atomic mass is 16.5. The zero-order valence-electron chi connectivity index (χ0n) is 17.2. The molecule has 0 aliphatic carbocycles. The molecule has 0 saturated carbocycles. The first-order valence-electron chi connectivity index (χ1n) is 9.54. The number of amides is 1. The number of nitrogens with zero attached hydrogens (tertiary/aromatic N) is 1. The molecule has 7 heteroatoms. The van der Waals surface area contributed by atoms with Crippen molar-refractivity contribution in [1.82, 2.24) is 10.6 Å². The van der Waals surface area contributed by atoms with Gasteiger partial charge in [0.05, 0.1) is 25.2 Å². The highest BCUT2D eigenvalue weighted by Crippen LogP contribution is 2.28. The fourth-order valence-corrected chi connectivity index (χ4v) is 2.27. The molecule has 7 nitrogen and oxygen atoms in total. The molecule has 0 atom stereocenters. The maximum Gasteiger partial charge on any atom is 0.224 e. The highest BCUT2D eigenvalue weighted by Gasteiger charge is 2.24. The van der Waals surface area contributed by atoms with Gasteiger partial charge in [-0.3, -0.25) is 9.79 Å². The summed E-state index contributed by atoms with van der Waals surface area (Å²) in [7, 11) is 0. The average molecular weight is 379 g/mol. The largest absolute Gasteiger partial charge is 0.490 e. The van der Waals surface area contributed by atoms with Crippen molar-refractivity contribution in [3.63, 3.8) is 0 Å². The van der Waals surface area contributed by atoms with Gasteiger partial charge in [-0.05, 0) is 58.7 Å². The summed E-state index contributed by atoms with van der Waals surface area (Å²) in [6.07, 6.45) is 0.802. The average Bonchev–Trinajstić information content (AvgIpc) is 2.62. The second-order valence-corrected chi connectivity index (χ2v) is 6.77. The quantitative estimate of drug-likeness (QED) is 0.405. The Morgan fingerprint density at radius 2 is 1.78 bits per heavy atom. The number of carbonyl (C=O) groups is 1. The lowest BCUT2D eigenvalue weighted by atomic mass is 9.93. The second-order valence-electron chi connectivity index (χ2n) is 6.77. The summed E-state index contributed by atoms with van der Waals surface area (Å²) in [4.78, 5) is 15.9. The first-order chi connectivity index (χ1) is 12.8. The Bertz CT molecular complexity index is 630. The van der Waals surface area contributed by atoms with Crippen LogP contribution in [0.3, 0.4) is 0 Å². The molecule has 0 radical (unpaired) electrons. The van der Waals surface area contributed by atoms with E-state index in [1.807, 2.05) is 39.0 Å². The van der Waals surface area contributed by atoms with Gasteiger partial charge in [0.1, 0.15) is 0 Å². The number of ether oxygens (including phenoxy) is 2. The molecule has 1 rings (SSSR count). The third-order valence-corrected chi connectivity index (χ3v) is 3.96. The van der Waals surface area contributed by atoms with E-state index in [-0.39, 0.29) is 5.91 Å². The summed E-state index contributed by atoms with van der Waals surface area (Å²) in [6, 6.07) is 5.99. The van der Waals surface area contributed by atoms with Gasteiger partial charge in [0.2, 0.25) is 5.91 Å². The van der Waals surface area contributed by atoms with Crippen LogP contribution in [0.2, 0.25) is 0 Å². The van der Waals surface area contributed by atoms with E-state index in [0.29, 0.717) is 32.3 Å². The van der Waals surface area contributed by atoms with E-state index in [1.165, 1.54) is 0 Å². The number of benzene rings is 1. The van der Waals surface area contributed by atoms with Crippen molar-refractivity contribution in [1.29, 1.82) is 0 Å². The van der Waals surface area contributed by atoms with Crippen LogP contribution in [0.15, 0.2) is 23.2 Å². The number of hydrogen-bond acceptors (Lipinski definition) is 4. The minimum Gasteiger partial charge on any atom is -0.490 e. The number of nitrogens with one attached hydrogen (secondary N) is 2. The van der Waals surface area contributed by atoms with Gasteiger partial charge in [0.15, 0.2) is 17.5 Å². The van der Waals surface area contributed by atoms with Crippen LogP contribution in [0.4, 0.5) is 0 Å². The van der Waals surface area contributed by atoms with E-state index in [2.05, 4.69) is 15.6 Å². The van der Waals surface area contributed by atoms with E-state index < -0.39 is 5.41 Å². The maximum atomic E-state index is 11.4. The number of carbonyl (C=O) groups excluding carboxylic acids is 1. The lowest BCUT2D eigenvalue weighted by molar-refractivity contribution is -0.125. The molecule has 0 aromatic heterocycles. The van der Waals surface area contributed by atoms with Crippen LogP contribution in [0.1, 0.15) is 40.2 Å². The van der Waals surface area contributed by atoms with Crippen LogP contribution in [0.25, 0.3) is 0 Å². The Kier molecular flexibility index (Phi) is 9.47. The second kappa shape index (κ2) is 11.3. The lowest BCUT2D eigenvalue weighted by Crippen LogP contribution is -2.40. The monoisotopic (exact) mass is 378 g/mol. The number of primary amides is 1. The van der Waals surface area contributed by atoms with Crippen molar-refractivity contribution in [3.05, 3.63) is 23.8 Å². The zero-order chi connectivity index (χ0) is 20.3. The van der Waals surface area contributed by atoms with Crippen LogP contribution in [-0.2, 0) is 11.2 Å². The molecule has 1 aromatic rings. The number of aliphatic imine (C=N–C) groups is 1. The Labute approximate surface area is 162 Å². The fraction of sp³-hybridized carbons (Fsp3) is 0.600. The van der Waals surface area contributed by atoms with Crippen molar-refractivity contribution in [3.8, 4) is 11.5 Å². The molecule has 152 valence electrons. The molecule has 0 unspecified atom stereocenters. The summed E-state index contributed by atoms with van der Waals surface area (Å²) in [5.74, 6) is 1.84. The van der Waals surface area contributed by atoms with Crippen LogP contribution < -0.4 is 25.8 Å². The molecule has 1 aromatic carbocycles. The van der Waals surface area contributed by atoms with E-state index in [1.54, 1.807) is 13.8 Å². The van der Waals surface area contributed by atoms with Gasteiger partial charge in [-0.25, -0.2) is 0 Å². The van der Waals surface area contributed by atoms with Crippen LogP contribution in [-0.4, -0.2) is 44.7 Å².